The van der Waals surface area contributed by atoms with Gasteiger partial charge in [0.25, 0.3) is 0 Å². The highest BCUT2D eigenvalue weighted by molar-refractivity contribution is 9.11. The van der Waals surface area contributed by atoms with Gasteiger partial charge < -0.3 is 10.7 Å². The summed E-state index contributed by atoms with van der Waals surface area (Å²) in [5.74, 6) is 7.40. The Labute approximate surface area is 128 Å². The van der Waals surface area contributed by atoms with Crippen LogP contribution in [0.5, 0.6) is 0 Å². The van der Waals surface area contributed by atoms with E-state index in [4.69, 9.17) is 5.84 Å². The molecule has 7 heteroatoms. The van der Waals surface area contributed by atoms with Gasteiger partial charge in [0.2, 0.25) is 0 Å². The monoisotopic (exact) mass is 385 g/mol. The minimum absolute atomic E-state index is 0.581. The minimum atomic E-state index is 0.581. The van der Waals surface area contributed by atoms with E-state index in [-0.39, 0.29) is 0 Å². The van der Waals surface area contributed by atoms with Crippen LogP contribution in [0.15, 0.2) is 33.2 Å². The maximum Gasteiger partial charge on any atom is 0.145 e. The highest BCUT2D eigenvalue weighted by Gasteiger charge is 2.08. The molecule has 0 spiro atoms. The van der Waals surface area contributed by atoms with Gasteiger partial charge in [-0.1, -0.05) is 13.0 Å². The van der Waals surface area contributed by atoms with Gasteiger partial charge in [-0.15, -0.1) is 0 Å². The van der Waals surface area contributed by atoms with Crippen molar-refractivity contribution in [2.24, 2.45) is 5.84 Å². The number of nitrogens with zero attached hydrogens (tertiary/aromatic N) is 2. The summed E-state index contributed by atoms with van der Waals surface area (Å²) >= 11 is 7.00. The molecule has 5 nitrogen and oxygen atoms in total. The first-order valence-corrected chi connectivity index (χ1v) is 7.28. The standard InChI is InChI=1S/C12H13Br2N5/c1-2-9-16-10(6-11(17-9)19-15)18-12-7(13)4-3-5-8(12)14/h3-6H,2,15H2,1H3,(H2,16,17,18,19). The lowest BCUT2D eigenvalue weighted by atomic mass is 10.3. The Morgan fingerprint density at radius 1 is 1.16 bits per heavy atom. The van der Waals surface area contributed by atoms with E-state index in [1.807, 2.05) is 25.1 Å². The number of halogens is 2. The second-order valence-electron chi connectivity index (χ2n) is 3.77. The summed E-state index contributed by atoms with van der Waals surface area (Å²) in [5.41, 5.74) is 3.45. The molecule has 0 aliphatic carbocycles. The van der Waals surface area contributed by atoms with Crippen LogP contribution < -0.4 is 16.6 Å². The van der Waals surface area contributed by atoms with Crippen LogP contribution in [0.1, 0.15) is 12.7 Å². The number of hydrogen-bond acceptors (Lipinski definition) is 5. The fourth-order valence-corrected chi connectivity index (χ4v) is 2.74. The van der Waals surface area contributed by atoms with Crippen molar-refractivity contribution in [2.75, 3.05) is 10.7 Å². The Hall–Kier alpha value is -1.18. The number of nitrogen functional groups attached to an aromatic ring is 1. The Kier molecular flexibility index (Phi) is 4.73. The number of benzene rings is 1. The van der Waals surface area contributed by atoms with Crippen molar-refractivity contribution >= 4 is 49.2 Å². The summed E-state index contributed by atoms with van der Waals surface area (Å²) < 4.78 is 1.89. The highest BCUT2D eigenvalue weighted by atomic mass is 79.9. The SMILES string of the molecule is CCc1nc(NN)cc(Nc2c(Br)cccc2Br)n1. The second-order valence-corrected chi connectivity index (χ2v) is 5.48. The van der Waals surface area contributed by atoms with E-state index in [9.17, 15) is 0 Å². The van der Waals surface area contributed by atoms with Crippen molar-refractivity contribution in [1.29, 1.82) is 0 Å². The van der Waals surface area contributed by atoms with Gasteiger partial charge in [-0.3, -0.25) is 0 Å². The highest BCUT2D eigenvalue weighted by Crippen LogP contribution is 2.32. The average molecular weight is 387 g/mol. The Balaban J connectivity index is 2.37. The Bertz CT molecular complexity index is 546. The average Bonchev–Trinajstić information content (AvgIpc) is 2.42. The van der Waals surface area contributed by atoms with Gasteiger partial charge in [-0.05, 0) is 44.0 Å². The van der Waals surface area contributed by atoms with Crippen LogP contribution in [0, 0.1) is 0 Å². The van der Waals surface area contributed by atoms with E-state index < -0.39 is 0 Å². The van der Waals surface area contributed by atoms with Crippen LogP contribution in [0.2, 0.25) is 0 Å². The molecule has 19 heavy (non-hydrogen) atoms. The molecule has 1 aromatic carbocycles. The predicted octanol–water partition coefficient (Wildman–Crippen LogP) is 3.59. The zero-order chi connectivity index (χ0) is 13.8. The van der Waals surface area contributed by atoms with E-state index in [1.165, 1.54) is 0 Å². The molecule has 1 heterocycles. The number of anilines is 3. The quantitative estimate of drug-likeness (QED) is 0.552. The molecule has 0 radical (unpaired) electrons. The third kappa shape index (κ3) is 3.43. The summed E-state index contributed by atoms with van der Waals surface area (Å²) in [5, 5.41) is 3.25. The van der Waals surface area contributed by atoms with E-state index in [2.05, 4.69) is 52.6 Å². The first-order valence-electron chi connectivity index (χ1n) is 5.69. The van der Waals surface area contributed by atoms with Gasteiger partial charge in [-0.2, -0.15) is 0 Å². The van der Waals surface area contributed by atoms with E-state index >= 15 is 0 Å². The zero-order valence-electron chi connectivity index (χ0n) is 10.2. The molecule has 0 atom stereocenters. The van der Waals surface area contributed by atoms with Crippen molar-refractivity contribution in [3.05, 3.63) is 39.0 Å². The lowest BCUT2D eigenvalue weighted by Crippen LogP contribution is -2.11. The van der Waals surface area contributed by atoms with Crippen LogP contribution in [0.4, 0.5) is 17.3 Å². The van der Waals surface area contributed by atoms with E-state index in [1.54, 1.807) is 6.07 Å². The van der Waals surface area contributed by atoms with Crippen molar-refractivity contribution < 1.29 is 0 Å². The maximum atomic E-state index is 5.41. The van der Waals surface area contributed by atoms with Gasteiger partial charge in [0.1, 0.15) is 17.5 Å². The van der Waals surface area contributed by atoms with Gasteiger partial charge in [-0.25, -0.2) is 15.8 Å². The lowest BCUT2D eigenvalue weighted by molar-refractivity contribution is 0.941. The maximum absolute atomic E-state index is 5.41. The van der Waals surface area contributed by atoms with Crippen molar-refractivity contribution in [2.45, 2.75) is 13.3 Å². The van der Waals surface area contributed by atoms with Crippen LogP contribution in [-0.2, 0) is 6.42 Å². The number of hydrazine groups is 1. The number of hydrogen-bond donors (Lipinski definition) is 3. The van der Waals surface area contributed by atoms with Gasteiger partial charge in [0.15, 0.2) is 0 Å². The van der Waals surface area contributed by atoms with E-state index in [0.29, 0.717) is 11.6 Å². The van der Waals surface area contributed by atoms with Crippen LogP contribution in [0.25, 0.3) is 0 Å². The first-order chi connectivity index (χ1) is 9.13. The summed E-state index contributed by atoms with van der Waals surface area (Å²) in [6.45, 7) is 1.99. The first kappa shape index (κ1) is 14.2. The number of nitrogens with two attached hydrogens (primary N) is 1. The Morgan fingerprint density at radius 2 is 1.79 bits per heavy atom. The molecule has 0 bridgehead atoms. The van der Waals surface area contributed by atoms with Crippen LogP contribution in [0.3, 0.4) is 0 Å². The van der Waals surface area contributed by atoms with Gasteiger partial charge in [0.05, 0.1) is 5.69 Å². The molecule has 0 unspecified atom stereocenters. The molecule has 0 saturated heterocycles. The molecule has 2 rings (SSSR count). The summed E-state index contributed by atoms with van der Waals surface area (Å²) in [4.78, 5) is 8.66. The molecule has 0 saturated carbocycles. The van der Waals surface area contributed by atoms with Crippen LogP contribution >= 0.6 is 31.9 Å². The molecule has 0 fully saturated rings. The molecular formula is C12H13Br2N5. The zero-order valence-corrected chi connectivity index (χ0v) is 13.4. The number of aryl methyl sites for hydroxylation is 1. The number of aromatic nitrogens is 2. The van der Waals surface area contributed by atoms with Crippen molar-refractivity contribution in [3.8, 4) is 0 Å². The van der Waals surface area contributed by atoms with Gasteiger partial charge >= 0.3 is 0 Å². The molecule has 100 valence electrons. The fraction of sp³-hybridized carbons (Fsp3) is 0.167. The largest absolute Gasteiger partial charge is 0.338 e. The smallest absolute Gasteiger partial charge is 0.145 e. The van der Waals surface area contributed by atoms with Crippen molar-refractivity contribution in [1.82, 2.24) is 9.97 Å². The molecule has 0 aliphatic heterocycles. The minimum Gasteiger partial charge on any atom is -0.338 e. The van der Waals surface area contributed by atoms with E-state index in [0.717, 1.165) is 26.9 Å². The summed E-state index contributed by atoms with van der Waals surface area (Å²) in [7, 11) is 0. The third-order valence-corrected chi connectivity index (χ3v) is 3.77. The second kappa shape index (κ2) is 6.31. The van der Waals surface area contributed by atoms with Gasteiger partial charge in [0, 0.05) is 21.4 Å². The summed E-state index contributed by atoms with van der Waals surface area (Å²) in [6, 6.07) is 7.61. The third-order valence-electron chi connectivity index (χ3n) is 2.45. The number of rotatable bonds is 4. The van der Waals surface area contributed by atoms with Crippen molar-refractivity contribution in [3.63, 3.8) is 0 Å². The molecular weight excluding hydrogens is 374 g/mol. The number of para-hydroxylation sites is 1. The number of nitrogens with one attached hydrogen (secondary N) is 2. The molecule has 1 aromatic heterocycles. The fourth-order valence-electron chi connectivity index (χ4n) is 1.54. The topological polar surface area (TPSA) is 75.9 Å². The molecule has 0 amide bonds. The summed E-state index contributed by atoms with van der Waals surface area (Å²) in [6.07, 6.45) is 0.737. The van der Waals surface area contributed by atoms with Crippen LogP contribution in [-0.4, -0.2) is 9.97 Å². The molecule has 4 N–H and O–H groups in total. The molecule has 2 aromatic rings. The normalized spacial score (nSPS) is 10.3. The lowest BCUT2D eigenvalue weighted by Gasteiger charge is -2.12. The predicted molar refractivity (Wildman–Crippen MR) is 84.3 cm³/mol. The molecule has 0 aliphatic rings. The Morgan fingerprint density at radius 3 is 2.37 bits per heavy atom.